The second kappa shape index (κ2) is 40.8. The lowest BCUT2D eigenvalue weighted by atomic mass is 9.89. The van der Waals surface area contributed by atoms with Crippen molar-refractivity contribution in [1.29, 1.82) is 0 Å². The fourth-order valence-corrected chi connectivity index (χ4v) is 18.3. The van der Waals surface area contributed by atoms with Crippen LogP contribution in [0.3, 0.4) is 0 Å². The van der Waals surface area contributed by atoms with E-state index >= 15 is 0 Å². The zero-order valence-electron chi connectivity index (χ0n) is 80.5. The highest BCUT2D eigenvalue weighted by molar-refractivity contribution is 5.84. The molecular formula is C123H130N5+5. The molecule has 5 heteroatoms. The summed E-state index contributed by atoms with van der Waals surface area (Å²) in [6, 6.07) is 108. The van der Waals surface area contributed by atoms with Gasteiger partial charge in [0.15, 0.2) is 31.0 Å². The molecule has 0 atom stereocenters. The molecule has 17 aromatic rings. The topological polar surface area (TPSA) is 19.4 Å². The summed E-state index contributed by atoms with van der Waals surface area (Å²) in [7, 11) is 10.6. The lowest BCUT2D eigenvalue weighted by Gasteiger charge is -2.16. The van der Waals surface area contributed by atoms with E-state index in [9.17, 15) is 0 Å². The fourth-order valence-electron chi connectivity index (χ4n) is 18.3. The maximum Gasteiger partial charge on any atom is 0.213 e. The van der Waals surface area contributed by atoms with Crippen molar-refractivity contribution in [1.82, 2.24) is 0 Å². The smallest absolute Gasteiger partial charge is 0.201 e. The maximum atomic E-state index is 2.38. The van der Waals surface area contributed by atoms with Gasteiger partial charge in [-0.3, -0.25) is 0 Å². The Morgan fingerprint density at radius 1 is 0.172 bits per heavy atom. The number of hydrogen-bond donors (Lipinski definition) is 0. The largest absolute Gasteiger partial charge is 0.213 e. The minimum absolute atomic E-state index is 0.532. The average molecular weight is 1680 g/mol. The SMILES string of the molecule is Cc1cc(C)c(-c2cc(-c3cc(-c4ccccc4)c(C)cc3C)[n+](C)cc2C)c(C)c1.Cc1cc[n+](C)c(-c2cc(-c3ccccc3C)ccc2C)c1.Cc1ccc(-c2cc(-c3cc(-c4ccccc4)c(C)cc3C)[n+](C)cc2C)c(C)c1.Cc1ccccc1-c1ccc(C)c(-c2cc(C(C)C)cc[n+]2C)c1.Cc1ccccc1-c1ccc(C)c(-c2cccc[n+]2C)c1. The van der Waals surface area contributed by atoms with Crippen molar-refractivity contribution in [2.45, 2.75) is 144 Å². The summed E-state index contributed by atoms with van der Waals surface area (Å²) >= 11 is 0. The third-order valence-corrected chi connectivity index (χ3v) is 25.5. The summed E-state index contributed by atoms with van der Waals surface area (Å²) in [5.41, 5.74) is 55.9. The molecule has 128 heavy (non-hydrogen) atoms. The molecule has 0 saturated heterocycles. The predicted octanol–water partition coefficient (Wildman–Crippen LogP) is 29.2. The average Bonchev–Trinajstić information content (AvgIpc) is 0.772. The molecule has 642 valence electrons. The highest BCUT2D eigenvalue weighted by Crippen LogP contribution is 2.40. The van der Waals surface area contributed by atoms with Crippen molar-refractivity contribution in [2.24, 2.45) is 35.2 Å². The van der Waals surface area contributed by atoms with Crippen LogP contribution >= 0.6 is 0 Å². The van der Waals surface area contributed by atoms with Crippen molar-refractivity contribution in [3.63, 3.8) is 0 Å². The Labute approximate surface area is 765 Å². The van der Waals surface area contributed by atoms with Crippen LogP contribution in [0.2, 0.25) is 0 Å². The monoisotopic (exact) mass is 1680 g/mol. The van der Waals surface area contributed by atoms with Gasteiger partial charge in [0.25, 0.3) is 0 Å². The van der Waals surface area contributed by atoms with Crippen molar-refractivity contribution >= 4 is 0 Å². The first-order valence-corrected chi connectivity index (χ1v) is 45.2. The Kier molecular flexibility index (Phi) is 29.3. The molecule has 0 bridgehead atoms. The van der Waals surface area contributed by atoms with Gasteiger partial charge in [-0.2, -0.15) is 0 Å². The summed E-state index contributed by atoms with van der Waals surface area (Å²) in [6.45, 7) is 43.9. The van der Waals surface area contributed by atoms with Crippen molar-refractivity contribution in [2.75, 3.05) is 0 Å². The normalized spacial score (nSPS) is 10.9. The van der Waals surface area contributed by atoms with E-state index in [-0.39, 0.29) is 0 Å². The zero-order valence-corrected chi connectivity index (χ0v) is 80.5. The predicted molar refractivity (Wildman–Crippen MR) is 543 cm³/mol. The van der Waals surface area contributed by atoms with Crippen LogP contribution in [-0.4, -0.2) is 0 Å². The Hall–Kier alpha value is -13.6. The maximum absolute atomic E-state index is 2.38. The summed E-state index contributed by atoms with van der Waals surface area (Å²) in [6.07, 6.45) is 10.9. The second-order valence-electron chi connectivity index (χ2n) is 36.1. The number of nitrogens with zero attached hydrogens (tertiary/aromatic N) is 5. The molecule has 0 aliphatic carbocycles. The summed E-state index contributed by atoms with van der Waals surface area (Å²) in [5.74, 6) is 0.532. The Morgan fingerprint density at radius 2 is 0.516 bits per heavy atom. The molecule has 5 nitrogen and oxygen atoms in total. The molecule has 5 aromatic heterocycles. The van der Waals surface area contributed by atoms with Gasteiger partial charge < -0.3 is 0 Å². The van der Waals surface area contributed by atoms with Crippen LogP contribution in [0.1, 0.15) is 125 Å². The molecule has 0 aliphatic heterocycles. The van der Waals surface area contributed by atoms with Crippen LogP contribution in [-0.2, 0) is 35.2 Å². The van der Waals surface area contributed by atoms with E-state index in [0.717, 1.165) is 0 Å². The van der Waals surface area contributed by atoms with E-state index in [4.69, 9.17) is 0 Å². The number of aromatic nitrogens is 5. The van der Waals surface area contributed by atoms with Gasteiger partial charge >= 0.3 is 0 Å². The quantitative estimate of drug-likeness (QED) is 0.103. The molecule has 5 heterocycles. The van der Waals surface area contributed by atoms with Crippen LogP contribution in [0, 0.1) is 125 Å². The van der Waals surface area contributed by atoms with Gasteiger partial charge in [-0.25, -0.2) is 22.8 Å². The van der Waals surface area contributed by atoms with Gasteiger partial charge in [0.2, 0.25) is 28.5 Å². The number of benzene rings is 12. The number of pyridine rings is 5. The Bertz CT molecular complexity index is 6890. The minimum atomic E-state index is 0.532. The van der Waals surface area contributed by atoms with Gasteiger partial charge in [0, 0.05) is 87.5 Å². The first kappa shape index (κ1) is 92.1. The van der Waals surface area contributed by atoms with E-state index in [1.54, 1.807) is 0 Å². The van der Waals surface area contributed by atoms with Gasteiger partial charge in [0.05, 0.1) is 0 Å². The van der Waals surface area contributed by atoms with E-state index in [2.05, 4.69) is 525 Å². The molecule has 0 radical (unpaired) electrons. The van der Waals surface area contributed by atoms with Crippen molar-refractivity contribution < 1.29 is 22.8 Å². The number of hydrogen-bond acceptors (Lipinski definition) is 0. The molecule has 0 N–H and O–H groups in total. The second-order valence-corrected chi connectivity index (χ2v) is 36.1. The molecular weight excluding hydrogens is 1550 g/mol. The van der Waals surface area contributed by atoms with Gasteiger partial charge in [0.1, 0.15) is 35.2 Å². The first-order chi connectivity index (χ1) is 61.3. The summed E-state index contributed by atoms with van der Waals surface area (Å²) in [5, 5.41) is 0. The van der Waals surface area contributed by atoms with Crippen molar-refractivity contribution in [3.05, 3.63) is 434 Å². The van der Waals surface area contributed by atoms with Crippen LogP contribution < -0.4 is 22.8 Å². The van der Waals surface area contributed by atoms with Crippen LogP contribution in [0.15, 0.2) is 328 Å². The first-order valence-electron chi connectivity index (χ1n) is 45.2. The lowest BCUT2D eigenvalue weighted by molar-refractivity contribution is -0.660. The standard InChI is InChI=1S/C30H32N.C29H30N.C23H26N.C21H22N.C20H20N/c1-19-13-22(4)30(23(5)14-19)28-17-29(31(7)18-24(28)6)27-16-26(20(2)15-21(27)3)25-11-9-8-10-12-25;1-19-12-13-25(20(2)14-19)27-17-29(30(6)18-23(27)5)28-16-26(21(3)15-22(28)4)24-10-8-7-9-11-24;1-16(2)19-12-13-24(5)23(15-19)22-14-20(11-10-18(22)4)21-9-7-6-8-17(21)3;1-15-11-12-22(4)21(13-15)20-14-18(10-9-17(20)3)19-8-6-5-7-16(19)2;1-15-8-4-5-9-18(15)17-12-11-16(2)19(14-17)20-10-6-7-13-21(20)3/h8-18H,1-7H3;7-18H,1-6H3;6-16H,1-5H3;5-14H,1-4H3;4-14H,1-3H3/q5*+1. The van der Waals surface area contributed by atoms with Gasteiger partial charge in [-0.15, -0.1) is 0 Å². The van der Waals surface area contributed by atoms with Gasteiger partial charge in [-0.05, 0) is 328 Å². The molecule has 0 aliphatic rings. The van der Waals surface area contributed by atoms with E-state index in [0.29, 0.717) is 5.92 Å². The fraction of sp³-hybridized carbons (Fsp3) is 0.211. The molecule has 0 amide bonds. The van der Waals surface area contributed by atoms with E-state index in [1.807, 2.05) is 0 Å². The van der Waals surface area contributed by atoms with Crippen LogP contribution in [0.5, 0.6) is 0 Å². The molecule has 0 unspecified atom stereocenters. The Balaban J connectivity index is 0.000000138. The van der Waals surface area contributed by atoms with E-state index < -0.39 is 0 Å². The highest BCUT2D eigenvalue weighted by atomic mass is 14.9. The van der Waals surface area contributed by atoms with Crippen LogP contribution in [0.4, 0.5) is 0 Å². The summed E-state index contributed by atoms with van der Waals surface area (Å²) < 4.78 is 11.1. The van der Waals surface area contributed by atoms with Gasteiger partial charge in [-0.1, -0.05) is 237 Å². The number of rotatable bonds is 13. The highest BCUT2D eigenvalue weighted by Gasteiger charge is 2.25. The Morgan fingerprint density at radius 3 is 0.953 bits per heavy atom. The molecule has 12 aromatic carbocycles. The third kappa shape index (κ3) is 21.2. The molecule has 0 spiro atoms. The molecule has 0 saturated carbocycles. The zero-order chi connectivity index (χ0) is 91.5. The molecule has 0 fully saturated rings. The summed E-state index contributed by atoms with van der Waals surface area (Å²) in [4.78, 5) is 0. The third-order valence-electron chi connectivity index (χ3n) is 25.5. The minimum Gasteiger partial charge on any atom is -0.201 e. The van der Waals surface area contributed by atoms with Crippen molar-refractivity contribution in [3.8, 4) is 134 Å². The molecule has 17 rings (SSSR count). The number of aryl methyl sites for hydroxylation is 23. The van der Waals surface area contributed by atoms with E-state index in [1.165, 1.54) is 240 Å². The lowest BCUT2D eigenvalue weighted by Crippen LogP contribution is -2.31. The van der Waals surface area contributed by atoms with Crippen LogP contribution in [0.25, 0.3) is 134 Å².